The lowest BCUT2D eigenvalue weighted by Gasteiger charge is -2.30. The van der Waals surface area contributed by atoms with E-state index in [0.717, 1.165) is 12.0 Å². The van der Waals surface area contributed by atoms with Gasteiger partial charge in [-0.1, -0.05) is 30.9 Å². The highest BCUT2D eigenvalue weighted by atomic mass is 16.8. The summed E-state index contributed by atoms with van der Waals surface area (Å²) in [6.07, 6.45) is 1.85. The Hall–Kier alpha value is -4.25. The number of hydroxylamine groups is 2. The fraction of sp³-hybridized carbons (Fsp3) is 0.414. The number of hydrogen-bond donors (Lipinski definition) is 2. The van der Waals surface area contributed by atoms with Gasteiger partial charge in [-0.05, 0) is 48.7 Å². The number of carbonyl (C=O) groups is 2. The van der Waals surface area contributed by atoms with Gasteiger partial charge in [0.25, 0.3) is 0 Å². The van der Waals surface area contributed by atoms with Crippen LogP contribution in [0.5, 0.6) is 11.5 Å². The molecule has 2 aromatic carbocycles. The van der Waals surface area contributed by atoms with Crippen molar-refractivity contribution in [3.8, 4) is 11.5 Å². The Morgan fingerprint density at radius 3 is 2.48 bits per heavy atom. The zero-order valence-electron chi connectivity index (χ0n) is 22.7. The van der Waals surface area contributed by atoms with Crippen LogP contribution in [0.2, 0.25) is 0 Å². The van der Waals surface area contributed by atoms with Gasteiger partial charge >= 0.3 is 12.1 Å². The van der Waals surface area contributed by atoms with Crippen molar-refractivity contribution < 1.29 is 33.4 Å². The SMILES string of the molecule is C=CCOC(=O)ON1CCC(Oc2ccc(C(Oc3ccc4c(c3)CN(C(=N)N)CC4)C(=O)OCC)cc2)CC1. The van der Waals surface area contributed by atoms with Gasteiger partial charge in [0, 0.05) is 44.6 Å². The predicted octanol–water partition coefficient (Wildman–Crippen LogP) is 3.72. The molecule has 214 valence electrons. The maximum atomic E-state index is 12.9. The summed E-state index contributed by atoms with van der Waals surface area (Å²) in [5.41, 5.74) is 8.50. The average molecular weight is 553 g/mol. The molecule has 40 heavy (non-hydrogen) atoms. The molecule has 3 N–H and O–H groups in total. The highest BCUT2D eigenvalue weighted by molar-refractivity contribution is 5.77. The second kappa shape index (κ2) is 13.7. The number of benzene rings is 2. The van der Waals surface area contributed by atoms with E-state index in [1.165, 1.54) is 11.6 Å². The second-order valence-corrected chi connectivity index (χ2v) is 9.49. The van der Waals surface area contributed by atoms with E-state index >= 15 is 0 Å². The Balaban J connectivity index is 1.37. The van der Waals surface area contributed by atoms with Crippen LogP contribution in [0.4, 0.5) is 4.79 Å². The van der Waals surface area contributed by atoms with Gasteiger partial charge in [0.05, 0.1) is 6.61 Å². The molecule has 1 unspecified atom stereocenters. The maximum absolute atomic E-state index is 12.9. The number of rotatable bonds is 10. The van der Waals surface area contributed by atoms with Crippen molar-refractivity contribution in [3.05, 3.63) is 71.8 Å². The Morgan fingerprint density at radius 2 is 1.80 bits per heavy atom. The zero-order valence-corrected chi connectivity index (χ0v) is 22.7. The fourth-order valence-electron chi connectivity index (χ4n) is 4.63. The normalized spacial score (nSPS) is 16.3. The zero-order chi connectivity index (χ0) is 28.5. The third kappa shape index (κ3) is 7.66. The fourth-order valence-corrected chi connectivity index (χ4v) is 4.63. The van der Waals surface area contributed by atoms with E-state index in [2.05, 4.69) is 6.58 Å². The van der Waals surface area contributed by atoms with Gasteiger partial charge in [0.1, 0.15) is 24.2 Å². The molecule has 2 heterocycles. The van der Waals surface area contributed by atoms with E-state index < -0.39 is 18.2 Å². The van der Waals surface area contributed by atoms with Gasteiger partial charge in [-0.2, -0.15) is 0 Å². The summed E-state index contributed by atoms with van der Waals surface area (Å²) in [5, 5.41) is 9.30. The molecule has 0 amide bonds. The van der Waals surface area contributed by atoms with Gasteiger partial charge in [-0.3, -0.25) is 5.41 Å². The number of fused-ring (bicyclic) bond motifs is 1. The molecule has 0 aromatic heterocycles. The lowest BCUT2D eigenvalue weighted by molar-refractivity contribution is -0.151. The van der Waals surface area contributed by atoms with Gasteiger partial charge in [0.2, 0.25) is 6.10 Å². The van der Waals surface area contributed by atoms with Crippen LogP contribution in [-0.4, -0.2) is 67.0 Å². The van der Waals surface area contributed by atoms with Gasteiger partial charge in [0.15, 0.2) is 5.96 Å². The maximum Gasteiger partial charge on any atom is 0.528 e. The summed E-state index contributed by atoms with van der Waals surface area (Å²) in [7, 11) is 0. The molecule has 2 aromatic rings. The molecule has 11 heteroatoms. The van der Waals surface area contributed by atoms with Crippen molar-refractivity contribution in [1.82, 2.24) is 9.96 Å². The van der Waals surface area contributed by atoms with Crippen LogP contribution in [-0.2, 0) is 32.1 Å². The molecular weight excluding hydrogens is 516 g/mol. The molecule has 11 nitrogen and oxygen atoms in total. The van der Waals surface area contributed by atoms with E-state index in [-0.39, 0.29) is 25.3 Å². The van der Waals surface area contributed by atoms with Gasteiger partial charge in [-0.15, -0.1) is 5.06 Å². The van der Waals surface area contributed by atoms with Crippen LogP contribution in [0.3, 0.4) is 0 Å². The van der Waals surface area contributed by atoms with Crippen molar-refractivity contribution in [2.75, 3.05) is 32.8 Å². The molecule has 1 saturated heterocycles. The molecule has 0 aliphatic carbocycles. The molecule has 0 spiro atoms. The molecule has 0 radical (unpaired) electrons. The van der Waals surface area contributed by atoms with Crippen LogP contribution >= 0.6 is 0 Å². The minimum absolute atomic E-state index is 0.0338. The Morgan fingerprint density at radius 1 is 1.07 bits per heavy atom. The number of carbonyl (C=O) groups excluding carboxylic acids is 2. The van der Waals surface area contributed by atoms with E-state index in [0.29, 0.717) is 56.1 Å². The highest BCUT2D eigenvalue weighted by Crippen LogP contribution is 2.29. The summed E-state index contributed by atoms with van der Waals surface area (Å²) >= 11 is 0. The molecule has 2 aliphatic heterocycles. The first-order valence-electron chi connectivity index (χ1n) is 13.4. The Kier molecular flexibility index (Phi) is 9.85. The van der Waals surface area contributed by atoms with Crippen molar-refractivity contribution in [1.29, 1.82) is 5.41 Å². The lowest BCUT2D eigenvalue weighted by Crippen LogP contribution is -2.40. The Labute approximate surface area is 233 Å². The van der Waals surface area contributed by atoms with Crippen molar-refractivity contribution in [2.45, 2.75) is 44.9 Å². The third-order valence-corrected chi connectivity index (χ3v) is 6.69. The number of nitrogens with one attached hydrogen (secondary N) is 1. The summed E-state index contributed by atoms with van der Waals surface area (Å²) in [4.78, 5) is 31.4. The molecule has 1 fully saturated rings. The van der Waals surface area contributed by atoms with Crippen LogP contribution in [0, 0.1) is 5.41 Å². The first kappa shape index (κ1) is 28.8. The van der Waals surface area contributed by atoms with Crippen molar-refractivity contribution >= 4 is 18.1 Å². The predicted molar refractivity (Wildman–Crippen MR) is 147 cm³/mol. The molecule has 0 saturated carbocycles. The van der Waals surface area contributed by atoms with Gasteiger partial charge < -0.3 is 34.4 Å². The Bertz CT molecular complexity index is 1200. The first-order chi connectivity index (χ1) is 19.4. The summed E-state index contributed by atoms with van der Waals surface area (Å²) in [6, 6.07) is 12.9. The van der Waals surface area contributed by atoms with E-state index in [9.17, 15) is 9.59 Å². The molecule has 4 rings (SSSR count). The third-order valence-electron chi connectivity index (χ3n) is 6.69. The standard InChI is InChI=1S/C29H36N4O7/c1-3-17-37-29(35)40-33-15-12-24(13-16-33)38-23-8-6-21(7-9-23)26(27(34)36-4-2)39-25-10-5-20-11-14-32(28(30)31)19-22(20)18-25/h3,5-10,18,24,26H,1,4,11-17,19H2,2H3,(H3,30,31). The summed E-state index contributed by atoms with van der Waals surface area (Å²) < 4.78 is 22.4. The monoisotopic (exact) mass is 552 g/mol. The molecule has 1 atom stereocenters. The first-order valence-corrected chi connectivity index (χ1v) is 13.4. The number of nitrogens with zero attached hydrogens (tertiary/aromatic N) is 2. The number of esters is 1. The van der Waals surface area contributed by atoms with Crippen LogP contribution in [0.15, 0.2) is 55.1 Å². The second-order valence-electron chi connectivity index (χ2n) is 9.49. The van der Waals surface area contributed by atoms with Crippen molar-refractivity contribution in [3.63, 3.8) is 0 Å². The molecule has 2 aliphatic rings. The molecule has 0 bridgehead atoms. The minimum Gasteiger partial charge on any atom is -0.490 e. The summed E-state index contributed by atoms with van der Waals surface area (Å²) in [5.74, 6) is 0.740. The minimum atomic E-state index is -0.958. The molecular formula is C29H36N4O7. The number of guanidine groups is 1. The lowest BCUT2D eigenvalue weighted by atomic mass is 9.99. The van der Waals surface area contributed by atoms with Crippen LogP contribution < -0.4 is 15.2 Å². The number of piperidine rings is 1. The van der Waals surface area contributed by atoms with Crippen LogP contribution in [0.25, 0.3) is 0 Å². The smallest absolute Gasteiger partial charge is 0.490 e. The highest BCUT2D eigenvalue weighted by Gasteiger charge is 2.27. The number of ether oxygens (including phenoxy) is 4. The number of nitrogens with two attached hydrogens (primary N) is 1. The van der Waals surface area contributed by atoms with Gasteiger partial charge in [-0.25, -0.2) is 9.59 Å². The number of hydrogen-bond acceptors (Lipinski definition) is 9. The average Bonchev–Trinajstić information content (AvgIpc) is 2.96. The van der Waals surface area contributed by atoms with E-state index in [1.807, 2.05) is 18.2 Å². The van der Waals surface area contributed by atoms with Crippen LogP contribution in [0.1, 0.15) is 42.6 Å². The van der Waals surface area contributed by atoms with E-state index in [4.69, 9.17) is 34.9 Å². The summed E-state index contributed by atoms with van der Waals surface area (Å²) in [6.45, 7) is 7.84. The van der Waals surface area contributed by atoms with Crippen molar-refractivity contribution in [2.24, 2.45) is 5.73 Å². The topological polar surface area (TPSA) is 137 Å². The quantitative estimate of drug-likeness (QED) is 0.194. The largest absolute Gasteiger partial charge is 0.528 e. The van der Waals surface area contributed by atoms with E-state index in [1.54, 1.807) is 41.2 Å².